The van der Waals surface area contributed by atoms with Crippen LogP contribution in [0.1, 0.15) is 24.5 Å². The molecule has 0 aliphatic rings. The molecule has 65 valence electrons. The molecule has 1 nitrogen and oxygen atoms in total. The minimum absolute atomic E-state index is 0.245. The van der Waals surface area contributed by atoms with Crippen molar-refractivity contribution in [1.82, 2.24) is 0 Å². The summed E-state index contributed by atoms with van der Waals surface area (Å²) in [5.41, 5.74) is 2.45. The van der Waals surface area contributed by atoms with E-state index >= 15 is 0 Å². The largest absolute Gasteiger partial charge is 0.393 e. The number of hydrogen-bond acceptors (Lipinski definition) is 1. The number of benzene rings is 1. The van der Waals surface area contributed by atoms with Gasteiger partial charge in [-0.3, -0.25) is 0 Å². The van der Waals surface area contributed by atoms with Crippen molar-refractivity contribution < 1.29 is 5.11 Å². The molecule has 0 aliphatic heterocycles. The molecule has 0 saturated heterocycles. The molecule has 12 heavy (non-hydrogen) atoms. The molecule has 0 aliphatic carbocycles. The van der Waals surface area contributed by atoms with Gasteiger partial charge in [0.15, 0.2) is 0 Å². The smallest absolute Gasteiger partial charge is 0.0518 e. The van der Waals surface area contributed by atoms with E-state index in [4.69, 9.17) is 5.11 Å². The summed E-state index contributed by atoms with van der Waals surface area (Å²) in [6.07, 6.45) is 2.53. The Kier molecular flexibility index (Phi) is 3.30. The highest BCUT2D eigenvalue weighted by molar-refractivity contribution is 5.27. The second kappa shape index (κ2) is 4.27. The van der Waals surface area contributed by atoms with E-state index in [0.717, 1.165) is 6.42 Å². The van der Waals surface area contributed by atoms with Crippen LogP contribution in [-0.2, 0) is 0 Å². The van der Waals surface area contributed by atoms with E-state index in [-0.39, 0.29) is 6.10 Å². The van der Waals surface area contributed by atoms with Crippen LogP contribution in [0.2, 0.25) is 0 Å². The first kappa shape index (κ1) is 9.27. The molecular weight excluding hydrogens is 148 g/mol. The minimum atomic E-state index is -0.245. The number of aryl methyl sites for hydroxylation is 1. The van der Waals surface area contributed by atoms with Crippen molar-refractivity contribution in [2.75, 3.05) is 0 Å². The zero-order chi connectivity index (χ0) is 8.97. The van der Waals surface area contributed by atoms with E-state index in [1.807, 2.05) is 6.07 Å². The third-order valence-electron chi connectivity index (χ3n) is 1.74. The van der Waals surface area contributed by atoms with Gasteiger partial charge in [0.05, 0.1) is 6.10 Å². The van der Waals surface area contributed by atoms with Crippen LogP contribution in [-0.4, -0.2) is 11.2 Å². The maximum Gasteiger partial charge on any atom is 0.0518 e. The van der Waals surface area contributed by atoms with Gasteiger partial charge in [-0.15, -0.1) is 0 Å². The molecule has 1 N–H and O–H groups in total. The van der Waals surface area contributed by atoms with Crippen LogP contribution in [0.3, 0.4) is 0 Å². The highest BCUT2D eigenvalue weighted by atomic mass is 16.3. The van der Waals surface area contributed by atoms with Crippen LogP contribution in [0.15, 0.2) is 24.3 Å². The van der Waals surface area contributed by atoms with Crippen molar-refractivity contribution >= 4 is 0 Å². The molecule has 0 saturated carbocycles. The van der Waals surface area contributed by atoms with Crippen molar-refractivity contribution in [3.63, 3.8) is 0 Å². The highest BCUT2D eigenvalue weighted by Gasteiger charge is 1.97. The van der Waals surface area contributed by atoms with Gasteiger partial charge in [0.25, 0.3) is 0 Å². The van der Waals surface area contributed by atoms with Gasteiger partial charge in [0.1, 0.15) is 0 Å². The Hall–Kier alpha value is -0.820. The van der Waals surface area contributed by atoms with Gasteiger partial charge < -0.3 is 5.11 Å². The summed E-state index contributed by atoms with van der Waals surface area (Å²) in [5, 5.41) is 9.05. The Bertz CT molecular complexity index is 241. The summed E-state index contributed by atoms with van der Waals surface area (Å²) >= 11 is 0. The van der Waals surface area contributed by atoms with E-state index < -0.39 is 0 Å². The average molecular weight is 163 g/mol. The molecule has 0 spiro atoms. The lowest BCUT2D eigenvalue weighted by Gasteiger charge is -2.03. The standard InChI is InChI=1S/C11H15O/c1-9-4-3-5-11(8-9)7-6-10(2)12/h3-5,7-8,10,12H,6H2,1-2H3. The summed E-state index contributed by atoms with van der Waals surface area (Å²) in [6, 6.07) is 8.26. The maximum absolute atomic E-state index is 9.05. The Morgan fingerprint density at radius 3 is 2.83 bits per heavy atom. The van der Waals surface area contributed by atoms with Crippen molar-refractivity contribution in [3.8, 4) is 0 Å². The van der Waals surface area contributed by atoms with Gasteiger partial charge in [-0.1, -0.05) is 29.8 Å². The zero-order valence-electron chi connectivity index (χ0n) is 7.62. The highest BCUT2D eigenvalue weighted by Crippen LogP contribution is 2.09. The van der Waals surface area contributed by atoms with E-state index in [0.29, 0.717) is 0 Å². The summed E-state index contributed by atoms with van der Waals surface area (Å²) in [7, 11) is 0. The normalized spacial score (nSPS) is 12.9. The van der Waals surface area contributed by atoms with Crippen LogP contribution in [0.25, 0.3) is 0 Å². The summed E-state index contributed by atoms with van der Waals surface area (Å²) in [4.78, 5) is 0. The fraction of sp³-hybridized carbons (Fsp3) is 0.364. The van der Waals surface area contributed by atoms with Crippen LogP contribution in [0.5, 0.6) is 0 Å². The van der Waals surface area contributed by atoms with E-state index in [1.165, 1.54) is 11.1 Å². The molecule has 0 heterocycles. The number of hydrogen-bond donors (Lipinski definition) is 1. The second-order valence-corrected chi connectivity index (χ2v) is 3.20. The molecule has 0 bridgehead atoms. The monoisotopic (exact) mass is 163 g/mol. The minimum Gasteiger partial charge on any atom is -0.393 e. The van der Waals surface area contributed by atoms with Gasteiger partial charge in [0.2, 0.25) is 0 Å². The first-order chi connectivity index (χ1) is 5.68. The van der Waals surface area contributed by atoms with Crippen molar-refractivity contribution in [3.05, 3.63) is 41.8 Å². The third-order valence-corrected chi connectivity index (χ3v) is 1.74. The summed E-state index contributed by atoms with van der Waals surface area (Å²) in [6.45, 7) is 3.87. The van der Waals surface area contributed by atoms with Crippen molar-refractivity contribution in [2.45, 2.75) is 26.4 Å². The molecule has 1 unspecified atom stereocenters. The average Bonchev–Trinajstić information content (AvgIpc) is 2.01. The van der Waals surface area contributed by atoms with Crippen LogP contribution in [0.4, 0.5) is 0 Å². The number of rotatable bonds is 3. The summed E-state index contributed by atoms with van der Waals surface area (Å²) in [5.74, 6) is 0. The molecule has 1 radical (unpaired) electrons. The van der Waals surface area contributed by atoms with Crippen LogP contribution < -0.4 is 0 Å². The quantitative estimate of drug-likeness (QED) is 0.725. The third kappa shape index (κ3) is 3.05. The van der Waals surface area contributed by atoms with Crippen molar-refractivity contribution in [2.24, 2.45) is 0 Å². The lowest BCUT2D eigenvalue weighted by molar-refractivity contribution is 0.195. The van der Waals surface area contributed by atoms with Gasteiger partial charge in [-0.2, -0.15) is 0 Å². The molecular formula is C11H15O. The molecule has 1 atom stereocenters. The van der Waals surface area contributed by atoms with Gasteiger partial charge >= 0.3 is 0 Å². The topological polar surface area (TPSA) is 20.2 Å². The Balaban J connectivity index is 2.52. The Morgan fingerprint density at radius 2 is 2.25 bits per heavy atom. The van der Waals surface area contributed by atoms with Gasteiger partial charge in [0, 0.05) is 0 Å². The molecule has 0 amide bonds. The molecule has 1 aromatic carbocycles. The maximum atomic E-state index is 9.05. The molecule has 1 heteroatoms. The van der Waals surface area contributed by atoms with Gasteiger partial charge in [-0.25, -0.2) is 0 Å². The number of aliphatic hydroxyl groups is 1. The second-order valence-electron chi connectivity index (χ2n) is 3.20. The summed E-state index contributed by atoms with van der Waals surface area (Å²) < 4.78 is 0. The molecule has 1 aromatic rings. The Morgan fingerprint density at radius 1 is 1.50 bits per heavy atom. The molecule has 0 fully saturated rings. The van der Waals surface area contributed by atoms with E-state index in [9.17, 15) is 0 Å². The molecule has 0 aromatic heterocycles. The van der Waals surface area contributed by atoms with Crippen LogP contribution >= 0.6 is 0 Å². The lowest BCUT2D eigenvalue weighted by Crippen LogP contribution is -1.99. The SMILES string of the molecule is Cc1cccc([CH]CC(C)O)c1. The van der Waals surface area contributed by atoms with Crippen molar-refractivity contribution in [1.29, 1.82) is 0 Å². The van der Waals surface area contributed by atoms with Crippen LogP contribution in [0, 0.1) is 13.3 Å². The zero-order valence-corrected chi connectivity index (χ0v) is 7.62. The lowest BCUT2D eigenvalue weighted by atomic mass is 10.1. The fourth-order valence-corrected chi connectivity index (χ4v) is 1.10. The van der Waals surface area contributed by atoms with Gasteiger partial charge in [-0.05, 0) is 32.3 Å². The first-order valence-corrected chi connectivity index (χ1v) is 4.26. The van der Waals surface area contributed by atoms with E-state index in [2.05, 4.69) is 31.5 Å². The predicted molar refractivity (Wildman–Crippen MR) is 50.9 cm³/mol. The predicted octanol–water partition coefficient (Wildman–Crippen LogP) is 2.32. The number of aliphatic hydroxyl groups excluding tert-OH is 1. The Labute approximate surface area is 74.1 Å². The van der Waals surface area contributed by atoms with E-state index in [1.54, 1.807) is 6.92 Å². The fourth-order valence-electron chi connectivity index (χ4n) is 1.10. The first-order valence-electron chi connectivity index (χ1n) is 4.26. The molecule has 1 rings (SSSR count).